The topological polar surface area (TPSA) is 29.3 Å². The van der Waals surface area contributed by atoms with Gasteiger partial charge in [0, 0.05) is 24.3 Å². The minimum absolute atomic E-state index is 0.331. The SMILES string of the molecule is CN(Cc1ccccc1N)Cc1cc(F)ccc1F. The summed E-state index contributed by atoms with van der Waals surface area (Å²) in [6.45, 7) is 0.917. The molecule has 0 fully saturated rings. The molecule has 0 saturated heterocycles. The average molecular weight is 262 g/mol. The van der Waals surface area contributed by atoms with E-state index >= 15 is 0 Å². The van der Waals surface area contributed by atoms with E-state index in [1.165, 1.54) is 6.07 Å². The van der Waals surface area contributed by atoms with Crippen molar-refractivity contribution in [1.82, 2.24) is 4.90 Å². The van der Waals surface area contributed by atoms with Gasteiger partial charge in [-0.05, 0) is 36.9 Å². The Kier molecular flexibility index (Phi) is 4.12. The molecule has 2 nitrogen and oxygen atoms in total. The molecule has 0 unspecified atom stereocenters. The van der Waals surface area contributed by atoms with Crippen molar-refractivity contribution in [3.8, 4) is 0 Å². The van der Waals surface area contributed by atoms with E-state index in [0.29, 0.717) is 24.3 Å². The molecule has 0 aliphatic carbocycles. The Labute approximate surface area is 111 Å². The van der Waals surface area contributed by atoms with Gasteiger partial charge in [-0.2, -0.15) is 0 Å². The van der Waals surface area contributed by atoms with Crippen LogP contribution in [-0.2, 0) is 13.1 Å². The zero-order valence-corrected chi connectivity index (χ0v) is 10.7. The van der Waals surface area contributed by atoms with Gasteiger partial charge in [0.1, 0.15) is 11.6 Å². The van der Waals surface area contributed by atoms with Crippen LogP contribution in [0.2, 0.25) is 0 Å². The van der Waals surface area contributed by atoms with Gasteiger partial charge in [0.2, 0.25) is 0 Å². The van der Waals surface area contributed by atoms with E-state index in [-0.39, 0.29) is 0 Å². The first kappa shape index (κ1) is 13.5. The molecule has 2 aromatic carbocycles. The monoisotopic (exact) mass is 262 g/mol. The summed E-state index contributed by atoms with van der Waals surface area (Å²) in [7, 11) is 1.84. The van der Waals surface area contributed by atoms with E-state index in [1.54, 1.807) is 0 Å². The summed E-state index contributed by atoms with van der Waals surface area (Å²) in [6, 6.07) is 11.0. The van der Waals surface area contributed by atoms with Gasteiger partial charge in [-0.1, -0.05) is 18.2 Å². The lowest BCUT2D eigenvalue weighted by atomic mass is 10.1. The zero-order chi connectivity index (χ0) is 13.8. The second-order valence-electron chi connectivity index (χ2n) is 4.61. The van der Waals surface area contributed by atoms with Gasteiger partial charge in [0.25, 0.3) is 0 Å². The van der Waals surface area contributed by atoms with E-state index in [0.717, 1.165) is 17.7 Å². The minimum Gasteiger partial charge on any atom is -0.398 e. The predicted molar refractivity (Wildman–Crippen MR) is 72.4 cm³/mol. The lowest BCUT2D eigenvalue weighted by Crippen LogP contribution is -2.18. The van der Waals surface area contributed by atoms with Gasteiger partial charge in [0.05, 0.1) is 0 Å². The molecule has 0 spiro atoms. The van der Waals surface area contributed by atoms with Crippen LogP contribution in [0.5, 0.6) is 0 Å². The van der Waals surface area contributed by atoms with Gasteiger partial charge >= 0.3 is 0 Å². The van der Waals surface area contributed by atoms with Crippen molar-refractivity contribution in [3.63, 3.8) is 0 Å². The first-order valence-corrected chi connectivity index (χ1v) is 6.02. The largest absolute Gasteiger partial charge is 0.398 e. The molecular weight excluding hydrogens is 246 g/mol. The van der Waals surface area contributed by atoms with E-state index in [1.807, 2.05) is 36.2 Å². The molecule has 0 aromatic heterocycles. The van der Waals surface area contributed by atoms with Gasteiger partial charge in [-0.3, -0.25) is 4.90 Å². The standard InChI is InChI=1S/C15H16F2N2/c1-19(9-11-4-2-3-5-15(11)18)10-12-8-13(16)6-7-14(12)17/h2-8H,9-10,18H2,1H3. The van der Waals surface area contributed by atoms with Crippen molar-refractivity contribution in [2.45, 2.75) is 13.1 Å². The summed E-state index contributed by atoms with van der Waals surface area (Å²) >= 11 is 0. The molecule has 100 valence electrons. The average Bonchev–Trinajstić information content (AvgIpc) is 2.37. The summed E-state index contributed by atoms with van der Waals surface area (Å²) in [5, 5.41) is 0. The summed E-state index contributed by atoms with van der Waals surface area (Å²) in [5.41, 5.74) is 7.88. The highest BCUT2D eigenvalue weighted by Crippen LogP contribution is 2.16. The van der Waals surface area contributed by atoms with Crippen LogP contribution in [0.25, 0.3) is 0 Å². The fraction of sp³-hybridized carbons (Fsp3) is 0.200. The van der Waals surface area contributed by atoms with Crippen molar-refractivity contribution >= 4 is 5.69 Å². The highest BCUT2D eigenvalue weighted by Gasteiger charge is 2.08. The number of nitrogen functional groups attached to an aromatic ring is 1. The molecule has 0 aliphatic rings. The molecule has 0 amide bonds. The molecule has 19 heavy (non-hydrogen) atoms. The molecule has 0 bridgehead atoms. The summed E-state index contributed by atoms with van der Waals surface area (Å²) in [4.78, 5) is 1.89. The highest BCUT2D eigenvalue weighted by atomic mass is 19.1. The Morgan fingerprint density at radius 2 is 1.68 bits per heavy atom. The molecule has 4 heteroatoms. The number of nitrogens with two attached hydrogens (primary N) is 1. The number of halogens is 2. The Morgan fingerprint density at radius 1 is 1.00 bits per heavy atom. The van der Waals surface area contributed by atoms with Gasteiger partial charge in [-0.25, -0.2) is 8.78 Å². The second kappa shape index (κ2) is 5.80. The second-order valence-corrected chi connectivity index (χ2v) is 4.61. The molecule has 0 atom stereocenters. The number of para-hydroxylation sites is 1. The third kappa shape index (κ3) is 3.51. The first-order chi connectivity index (χ1) is 9.06. The Balaban J connectivity index is 2.07. The third-order valence-electron chi connectivity index (χ3n) is 2.94. The first-order valence-electron chi connectivity index (χ1n) is 6.02. The fourth-order valence-electron chi connectivity index (χ4n) is 1.98. The lowest BCUT2D eigenvalue weighted by Gasteiger charge is -2.18. The van der Waals surface area contributed by atoms with Crippen molar-refractivity contribution in [1.29, 1.82) is 0 Å². The Bertz CT molecular complexity index is 570. The molecule has 0 aliphatic heterocycles. The quantitative estimate of drug-likeness (QED) is 0.857. The smallest absolute Gasteiger partial charge is 0.127 e. The van der Waals surface area contributed by atoms with Crippen LogP contribution in [0.1, 0.15) is 11.1 Å². The Hall–Kier alpha value is -1.94. The number of rotatable bonds is 4. The van der Waals surface area contributed by atoms with Crippen LogP contribution in [0, 0.1) is 11.6 Å². The van der Waals surface area contributed by atoms with Crippen LogP contribution >= 0.6 is 0 Å². The normalized spacial score (nSPS) is 10.9. The van der Waals surface area contributed by atoms with Gasteiger partial charge < -0.3 is 5.73 Å². The van der Waals surface area contributed by atoms with Crippen molar-refractivity contribution < 1.29 is 8.78 Å². The minimum atomic E-state index is -0.427. The summed E-state index contributed by atoms with van der Waals surface area (Å²) < 4.78 is 26.6. The number of anilines is 1. The van der Waals surface area contributed by atoms with Crippen LogP contribution in [0.4, 0.5) is 14.5 Å². The molecule has 2 N–H and O–H groups in total. The zero-order valence-electron chi connectivity index (χ0n) is 10.7. The maximum Gasteiger partial charge on any atom is 0.127 e. The Morgan fingerprint density at radius 3 is 2.42 bits per heavy atom. The molecule has 0 saturated carbocycles. The summed E-state index contributed by atoms with van der Waals surface area (Å²) in [6.07, 6.45) is 0. The van der Waals surface area contributed by atoms with Crippen molar-refractivity contribution in [3.05, 3.63) is 65.2 Å². The molecule has 2 rings (SSSR count). The van der Waals surface area contributed by atoms with Gasteiger partial charge in [0.15, 0.2) is 0 Å². The highest BCUT2D eigenvalue weighted by molar-refractivity contribution is 5.46. The third-order valence-corrected chi connectivity index (χ3v) is 2.94. The number of hydrogen-bond donors (Lipinski definition) is 1. The maximum atomic E-state index is 13.5. The number of benzene rings is 2. The van der Waals surface area contributed by atoms with E-state index in [9.17, 15) is 8.78 Å². The van der Waals surface area contributed by atoms with E-state index < -0.39 is 11.6 Å². The molecule has 0 radical (unpaired) electrons. The van der Waals surface area contributed by atoms with Crippen LogP contribution in [0.3, 0.4) is 0 Å². The molecule has 0 heterocycles. The van der Waals surface area contributed by atoms with Crippen LogP contribution in [-0.4, -0.2) is 11.9 Å². The van der Waals surface area contributed by atoms with E-state index in [4.69, 9.17) is 5.73 Å². The summed E-state index contributed by atoms with van der Waals surface area (Å²) in [5.74, 6) is -0.821. The number of hydrogen-bond acceptors (Lipinski definition) is 2. The lowest BCUT2D eigenvalue weighted by molar-refractivity contribution is 0.313. The number of nitrogens with zero attached hydrogens (tertiary/aromatic N) is 1. The van der Waals surface area contributed by atoms with Crippen molar-refractivity contribution in [2.75, 3.05) is 12.8 Å². The van der Waals surface area contributed by atoms with E-state index in [2.05, 4.69) is 0 Å². The molecular formula is C15H16F2N2. The van der Waals surface area contributed by atoms with Crippen molar-refractivity contribution in [2.24, 2.45) is 0 Å². The van der Waals surface area contributed by atoms with Gasteiger partial charge in [-0.15, -0.1) is 0 Å². The fourth-order valence-corrected chi connectivity index (χ4v) is 1.98. The van der Waals surface area contributed by atoms with Crippen LogP contribution in [0.15, 0.2) is 42.5 Å². The maximum absolute atomic E-state index is 13.5. The molecule has 2 aromatic rings. The predicted octanol–water partition coefficient (Wildman–Crippen LogP) is 3.18. The van der Waals surface area contributed by atoms with Crippen LogP contribution < -0.4 is 5.73 Å².